The third-order valence-corrected chi connectivity index (χ3v) is 4.78. The molecule has 3 rings (SSSR count). The summed E-state index contributed by atoms with van der Waals surface area (Å²) in [7, 11) is 1.64. The Hall–Kier alpha value is -2.96. The van der Waals surface area contributed by atoms with Gasteiger partial charge in [-0.15, -0.1) is 0 Å². The van der Waals surface area contributed by atoms with Crippen molar-refractivity contribution in [2.75, 3.05) is 13.7 Å². The first-order valence-electron chi connectivity index (χ1n) is 9.99. The summed E-state index contributed by atoms with van der Waals surface area (Å²) in [5.74, 6) is 0.0130. The van der Waals surface area contributed by atoms with E-state index in [1.807, 2.05) is 13.0 Å². The van der Waals surface area contributed by atoms with Crippen molar-refractivity contribution in [1.82, 2.24) is 19.9 Å². The van der Waals surface area contributed by atoms with Gasteiger partial charge in [0, 0.05) is 29.4 Å². The number of nitrogens with one attached hydrogen (secondary N) is 1. The number of aryl methyl sites for hydroxylation is 3. The van der Waals surface area contributed by atoms with Crippen molar-refractivity contribution in [2.24, 2.45) is 0 Å². The zero-order valence-corrected chi connectivity index (χ0v) is 17.2. The summed E-state index contributed by atoms with van der Waals surface area (Å²) in [5, 5.41) is 7.57. The van der Waals surface area contributed by atoms with E-state index in [1.54, 1.807) is 17.7 Å². The third kappa shape index (κ3) is 4.91. The highest BCUT2D eigenvalue weighted by molar-refractivity contribution is 5.94. The molecule has 3 aromatic rings. The number of amides is 1. The van der Waals surface area contributed by atoms with Crippen LogP contribution in [0.1, 0.15) is 53.5 Å². The van der Waals surface area contributed by atoms with Crippen molar-refractivity contribution < 1.29 is 13.9 Å². The van der Waals surface area contributed by atoms with Gasteiger partial charge < -0.3 is 10.1 Å². The van der Waals surface area contributed by atoms with Crippen LogP contribution in [-0.4, -0.2) is 34.2 Å². The van der Waals surface area contributed by atoms with Gasteiger partial charge in [-0.2, -0.15) is 9.61 Å². The predicted molar refractivity (Wildman–Crippen MR) is 110 cm³/mol. The molecule has 1 aromatic carbocycles. The summed E-state index contributed by atoms with van der Waals surface area (Å²) >= 11 is 0. The number of rotatable bonds is 9. The highest BCUT2D eigenvalue weighted by atomic mass is 19.1. The second-order valence-corrected chi connectivity index (χ2v) is 7.07. The molecule has 0 bridgehead atoms. The number of ether oxygens (including phenoxy) is 1. The van der Waals surface area contributed by atoms with Gasteiger partial charge in [0.15, 0.2) is 5.65 Å². The Morgan fingerprint density at radius 1 is 1.24 bits per heavy atom. The molecular weight excluding hydrogens is 371 g/mol. The van der Waals surface area contributed by atoms with E-state index in [1.165, 1.54) is 23.8 Å². The lowest BCUT2D eigenvalue weighted by molar-refractivity contribution is 0.0952. The molecule has 0 saturated heterocycles. The van der Waals surface area contributed by atoms with Gasteiger partial charge in [-0.25, -0.2) is 9.37 Å². The maximum Gasteiger partial charge on any atom is 0.251 e. The minimum Gasteiger partial charge on any atom is -0.481 e. The molecule has 1 N–H and O–H groups in total. The fraction of sp³-hybridized carbons (Fsp3) is 0.409. The number of hydrogen-bond acceptors (Lipinski definition) is 4. The first-order chi connectivity index (χ1) is 14.0. The maximum atomic E-state index is 13.2. The Balaban J connectivity index is 1.61. The highest BCUT2D eigenvalue weighted by Gasteiger charge is 2.16. The molecule has 2 aromatic heterocycles. The second-order valence-electron chi connectivity index (χ2n) is 7.07. The van der Waals surface area contributed by atoms with E-state index >= 15 is 0 Å². The first-order valence-corrected chi connectivity index (χ1v) is 9.99. The first kappa shape index (κ1) is 20.8. The van der Waals surface area contributed by atoms with Crippen LogP contribution in [0.25, 0.3) is 5.65 Å². The Morgan fingerprint density at radius 3 is 2.79 bits per heavy atom. The van der Waals surface area contributed by atoms with E-state index < -0.39 is 5.82 Å². The average molecular weight is 398 g/mol. The molecule has 0 radical (unpaired) electrons. The molecule has 2 heterocycles. The summed E-state index contributed by atoms with van der Waals surface area (Å²) < 4.78 is 20.5. The topological polar surface area (TPSA) is 68.5 Å². The number of benzene rings is 1. The van der Waals surface area contributed by atoms with Gasteiger partial charge in [-0.3, -0.25) is 4.79 Å². The normalized spacial score (nSPS) is 11.0. The number of carbonyl (C=O) groups excluding carboxylic acids is 1. The Labute approximate surface area is 170 Å². The summed E-state index contributed by atoms with van der Waals surface area (Å²) in [5.41, 5.74) is 4.29. The molecule has 154 valence electrons. The van der Waals surface area contributed by atoms with Crippen LogP contribution >= 0.6 is 0 Å². The maximum absolute atomic E-state index is 13.2. The van der Waals surface area contributed by atoms with Crippen LogP contribution in [0.5, 0.6) is 5.88 Å². The standard InChI is InChI=1S/C22H27FN4O2/c1-4-8-18-19(26-27-20(29-3)13-15(2)25-21(18)27)11-5-6-12-24-22(28)16-9-7-10-17(23)14-16/h7,9-10,13-14H,4-6,8,11-12H2,1-3H3,(H,24,28). The van der Waals surface area contributed by atoms with Crippen LogP contribution in [-0.2, 0) is 12.8 Å². The minimum atomic E-state index is -0.410. The number of aromatic nitrogens is 3. The molecule has 7 heteroatoms. The van der Waals surface area contributed by atoms with Crippen molar-refractivity contribution in [3.8, 4) is 5.88 Å². The van der Waals surface area contributed by atoms with E-state index in [2.05, 4.69) is 17.2 Å². The Morgan fingerprint density at radius 2 is 2.07 bits per heavy atom. The lowest BCUT2D eigenvalue weighted by Crippen LogP contribution is -2.24. The van der Waals surface area contributed by atoms with Crippen LogP contribution < -0.4 is 10.1 Å². The van der Waals surface area contributed by atoms with Crippen LogP contribution in [0.15, 0.2) is 30.3 Å². The van der Waals surface area contributed by atoms with Gasteiger partial charge in [0.2, 0.25) is 5.88 Å². The van der Waals surface area contributed by atoms with Gasteiger partial charge in [0.1, 0.15) is 5.82 Å². The smallest absolute Gasteiger partial charge is 0.251 e. The molecule has 1 amide bonds. The molecule has 6 nitrogen and oxygen atoms in total. The molecule has 0 spiro atoms. The molecule has 0 unspecified atom stereocenters. The van der Waals surface area contributed by atoms with E-state index in [4.69, 9.17) is 9.84 Å². The minimum absolute atomic E-state index is 0.256. The molecule has 0 aliphatic carbocycles. The lowest BCUT2D eigenvalue weighted by atomic mass is 10.1. The van der Waals surface area contributed by atoms with Crippen LogP contribution in [0.2, 0.25) is 0 Å². The summed E-state index contributed by atoms with van der Waals surface area (Å²) in [6, 6.07) is 7.58. The van der Waals surface area contributed by atoms with E-state index in [0.29, 0.717) is 18.0 Å². The molecule has 0 aliphatic rings. The molecule has 29 heavy (non-hydrogen) atoms. The third-order valence-electron chi connectivity index (χ3n) is 4.78. The molecule has 0 fully saturated rings. The van der Waals surface area contributed by atoms with Crippen molar-refractivity contribution in [3.63, 3.8) is 0 Å². The Bertz CT molecular complexity index is 1000. The number of nitrogens with zero attached hydrogens (tertiary/aromatic N) is 3. The summed E-state index contributed by atoms with van der Waals surface area (Å²) in [4.78, 5) is 16.7. The van der Waals surface area contributed by atoms with Crippen LogP contribution in [0, 0.1) is 12.7 Å². The number of carbonyl (C=O) groups is 1. The zero-order valence-electron chi connectivity index (χ0n) is 17.2. The van der Waals surface area contributed by atoms with Crippen molar-refractivity contribution in [1.29, 1.82) is 0 Å². The fourth-order valence-electron chi connectivity index (χ4n) is 3.40. The van der Waals surface area contributed by atoms with E-state index in [-0.39, 0.29) is 5.91 Å². The van der Waals surface area contributed by atoms with E-state index in [0.717, 1.165) is 49.1 Å². The average Bonchev–Trinajstić information content (AvgIpc) is 3.04. The van der Waals surface area contributed by atoms with Crippen LogP contribution in [0.4, 0.5) is 4.39 Å². The van der Waals surface area contributed by atoms with Crippen LogP contribution in [0.3, 0.4) is 0 Å². The van der Waals surface area contributed by atoms with Gasteiger partial charge in [-0.05, 0) is 50.8 Å². The van der Waals surface area contributed by atoms with Gasteiger partial charge in [-0.1, -0.05) is 19.4 Å². The number of unbranched alkanes of at least 4 members (excludes halogenated alkanes) is 1. The van der Waals surface area contributed by atoms with Gasteiger partial charge in [0.05, 0.1) is 12.8 Å². The van der Waals surface area contributed by atoms with Crippen molar-refractivity contribution >= 4 is 11.6 Å². The predicted octanol–water partition coefficient (Wildman–Crippen LogP) is 3.89. The number of halogens is 1. The number of hydrogen-bond donors (Lipinski definition) is 1. The molecule has 0 saturated carbocycles. The fourth-order valence-corrected chi connectivity index (χ4v) is 3.40. The van der Waals surface area contributed by atoms with E-state index in [9.17, 15) is 9.18 Å². The molecule has 0 atom stereocenters. The number of fused-ring (bicyclic) bond motifs is 1. The quantitative estimate of drug-likeness (QED) is 0.555. The SMILES string of the molecule is CCCc1c(CCCCNC(=O)c2cccc(F)c2)nn2c(OC)cc(C)nc12. The Kier molecular flexibility index (Phi) is 6.80. The zero-order chi connectivity index (χ0) is 20.8. The lowest BCUT2D eigenvalue weighted by Gasteiger charge is -2.05. The second kappa shape index (κ2) is 9.49. The highest BCUT2D eigenvalue weighted by Crippen LogP contribution is 2.23. The number of methoxy groups -OCH3 is 1. The summed E-state index contributed by atoms with van der Waals surface area (Å²) in [6.07, 6.45) is 4.41. The van der Waals surface area contributed by atoms with Crippen molar-refractivity contribution in [3.05, 3.63) is 58.7 Å². The largest absolute Gasteiger partial charge is 0.481 e. The molecular formula is C22H27FN4O2. The molecule has 0 aliphatic heterocycles. The van der Waals surface area contributed by atoms with Crippen molar-refractivity contribution in [2.45, 2.75) is 46.0 Å². The summed E-state index contributed by atoms with van der Waals surface area (Å²) in [6.45, 7) is 4.63. The van der Waals surface area contributed by atoms with Gasteiger partial charge in [0.25, 0.3) is 5.91 Å². The van der Waals surface area contributed by atoms with Gasteiger partial charge >= 0.3 is 0 Å². The monoisotopic (exact) mass is 398 g/mol.